The summed E-state index contributed by atoms with van der Waals surface area (Å²) in [4.78, 5) is 10.6. The van der Waals surface area contributed by atoms with E-state index in [1.54, 1.807) is 32.5 Å². The summed E-state index contributed by atoms with van der Waals surface area (Å²) in [7, 11) is 7.08. The lowest BCUT2D eigenvalue weighted by atomic mass is 10.2. The van der Waals surface area contributed by atoms with Gasteiger partial charge in [-0.2, -0.15) is 0 Å². The van der Waals surface area contributed by atoms with Crippen molar-refractivity contribution in [3.05, 3.63) is 42.1 Å². The Balaban J connectivity index is 0.00000312. The number of aliphatic imine (C=N–C) groups is 1. The normalized spacial score (nSPS) is 10.6. The van der Waals surface area contributed by atoms with Crippen LogP contribution in [0.2, 0.25) is 0 Å². The molecule has 0 fully saturated rings. The third kappa shape index (κ3) is 5.96. The van der Waals surface area contributed by atoms with Gasteiger partial charge in [0.15, 0.2) is 17.5 Å². The van der Waals surface area contributed by atoms with Gasteiger partial charge in [0.25, 0.3) is 0 Å². The van der Waals surface area contributed by atoms with Gasteiger partial charge in [-0.15, -0.1) is 24.0 Å². The Hall–Kier alpha value is -2.23. The summed E-state index contributed by atoms with van der Waals surface area (Å²) in [6.07, 6.45) is 1.76. The molecule has 0 spiro atoms. The van der Waals surface area contributed by atoms with Gasteiger partial charge in [-0.1, -0.05) is 0 Å². The number of nitrogens with one attached hydrogen (secondary N) is 1. The van der Waals surface area contributed by atoms with Crippen LogP contribution in [0.1, 0.15) is 5.56 Å². The van der Waals surface area contributed by atoms with Crippen LogP contribution in [-0.2, 0) is 6.54 Å². The number of hydrogen-bond acceptors (Lipinski definition) is 5. The average Bonchev–Trinajstić information content (AvgIpc) is 2.60. The number of guanidine groups is 1. The number of aromatic nitrogens is 1. The third-order valence-electron chi connectivity index (χ3n) is 3.36. The van der Waals surface area contributed by atoms with Crippen LogP contribution in [0.25, 0.3) is 0 Å². The Morgan fingerprint density at radius 3 is 2.52 bits per heavy atom. The number of ether oxygens (including phenoxy) is 2. The number of nitrogens with two attached hydrogens (primary N) is 1. The van der Waals surface area contributed by atoms with Crippen molar-refractivity contribution in [2.24, 2.45) is 10.7 Å². The standard InChI is InChI=1S/C17H23N5O2.HI/c1-22(2)16-9-12(7-8-19-16)11-20-17(18)21-13-5-6-14(23-3)15(10-13)24-4;/h5-10H,11H2,1-4H3,(H3,18,20,21);1H. The topological polar surface area (TPSA) is 85.0 Å². The van der Waals surface area contributed by atoms with Gasteiger partial charge >= 0.3 is 0 Å². The molecular weight excluding hydrogens is 433 g/mol. The van der Waals surface area contributed by atoms with E-state index in [2.05, 4.69) is 15.3 Å². The molecule has 2 rings (SSSR count). The molecule has 0 amide bonds. The third-order valence-corrected chi connectivity index (χ3v) is 3.36. The molecule has 136 valence electrons. The minimum atomic E-state index is 0. The Kier molecular flexibility index (Phi) is 8.26. The maximum absolute atomic E-state index is 5.95. The monoisotopic (exact) mass is 457 g/mol. The van der Waals surface area contributed by atoms with Gasteiger partial charge in [0.2, 0.25) is 0 Å². The first-order chi connectivity index (χ1) is 11.5. The molecule has 1 heterocycles. The second-order valence-corrected chi connectivity index (χ2v) is 5.31. The van der Waals surface area contributed by atoms with Crippen LogP contribution < -0.4 is 25.4 Å². The summed E-state index contributed by atoms with van der Waals surface area (Å²) in [5, 5.41) is 3.04. The highest BCUT2D eigenvalue weighted by molar-refractivity contribution is 14.0. The van der Waals surface area contributed by atoms with Crippen molar-refractivity contribution < 1.29 is 9.47 Å². The Morgan fingerprint density at radius 2 is 1.88 bits per heavy atom. The minimum absolute atomic E-state index is 0. The molecule has 25 heavy (non-hydrogen) atoms. The molecule has 8 heteroatoms. The van der Waals surface area contributed by atoms with Crippen molar-refractivity contribution in [1.29, 1.82) is 0 Å². The van der Waals surface area contributed by atoms with Crippen molar-refractivity contribution in [3.63, 3.8) is 0 Å². The van der Waals surface area contributed by atoms with E-state index in [0.29, 0.717) is 24.0 Å². The minimum Gasteiger partial charge on any atom is -0.493 e. The average molecular weight is 457 g/mol. The second kappa shape index (κ2) is 9.92. The van der Waals surface area contributed by atoms with Crippen LogP contribution in [0.4, 0.5) is 11.5 Å². The molecule has 0 atom stereocenters. The van der Waals surface area contributed by atoms with Gasteiger partial charge in [0, 0.05) is 32.0 Å². The molecule has 0 saturated carbocycles. The first-order valence-electron chi connectivity index (χ1n) is 7.44. The molecule has 0 radical (unpaired) electrons. The fraction of sp³-hybridized carbons (Fsp3) is 0.294. The number of nitrogens with zero attached hydrogens (tertiary/aromatic N) is 3. The Labute approximate surface area is 165 Å². The Morgan fingerprint density at radius 1 is 1.16 bits per heavy atom. The van der Waals surface area contributed by atoms with Gasteiger partial charge in [0.05, 0.1) is 20.8 Å². The van der Waals surface area contributed by atoms with E-state index in [1.165, 1.54) is 0 Å². The molecule has 1 aromatic heterocycles. The zero-order valence-corrected chi connectivity index (χ0v) is 17.1. The predicted molar refractivity (Wildman–Crippen MR) is 112 cm³/mol. The number of rotatable bonds is 6. The maximum Gasteiger partial charge on any atom is 0.193 e. The molecule has 2 aromatic rings. The fourth-order valence-electron chi connectivity index (χ4n) is 2.08. The number of halogens is 1. The highest BCUT2D eigenvalue weighted by atomic mass is 127. The maximum atomic E-state index is 5.95. The summed E-state index contributed by atoms with van der Waals surface area (Å²) in [6, 6.07) is 9.35. The largest absolute Gasteiger partial charge is 0.493 e. The van der Waals surface area contributed by atoms with Crippen LogP contribution in [0, 0.1) is 0 Å². The molecule has 1 aromatic carbocycles. The zero-order chi connectivity index (χ0) is 17.5. The SMILES string of the molecule is COc1ccc(NC(N)=NCc2ccnc(N(C)C)c2)cc1OC.I. The molecule has 7 nitrogen and oxygen atoms in total. The smallest absolute Gasteiger partial charge is 0.193 e. The second-order valence-electron chi connectivity index (χ2n) is 5.31. The van der Waals surface area contributed by atoms with Crippen LogP contribution in [-0.4, -0.2) is 39.3 Å². The molecule has 0 unspecified atom stereocenters. The van der Waals surface area contributed by atoms with E-state index >= 15 is 0 Å². The van der Waals surface area contributed by atoms with E-state index in [1.807, 2.05) is 37.2 Å². The molecular formula is C17H24IN5O2. The summed E-state index contributed by atoms with van der Waals surface area (Å²) in [5.74, 6) is 2.49. The lowest BCUT2D eigenvalue weighted by Gasteiger charge is -2.12. The number of pyridine rings is 1. The zero-order valence-electron chi connectivity index (χ0n) is 14.8. The number of anilines is 2. The first-order valence-corrected chi connectivity index (χ1v) is 7.44. The van der Waals surface area contributed by atoms with Gasteiger partial charge in [-0.25, -0.2) is 9.98 Å². The van der Waals surface area contributed by atoms with Crippen molar-refractivity contribution in [2.75, 3.05) is 38.5 Å². The van der Waals surface area contributed by atoms with Crippen LogP contribution in [0.3, 0.4) is 0 Å². The molecule has 0 aliphatic carbocycles. The lowest BCUT2D eigenvalue weighted by Crippen LogP contribution is -2.22. The highest BCUT2D eigenvalue weighted by Crippen LogP contribution is 2.29. The van der Waals surface area contributed by atoms with Gasteiger partial charge in [0.1, 0.15) is 5.82 Å². The summed E-state index contributed by atoms with van der Waals surface area (Å²) < 4.78 is 10.5. The van der Waals surface area contributed by atoms with Crippen LogP contribution in [0.15, 0.2) is 41.5 Å². The predicted octanol–water partition coefficient (Wildman–Crippen LogP) is 2.71. The van der Waals surface area contributed by atoms with Crippen molar-refractivity contribution >= 4 is 41.4 Å². The summed E-state index contributed by atoms with van der Waals surface area (Å²) in [6.45, 7) is 0.468. The molecule has 0 aliphatic heterocycles. The van der Waals surface area contributed by atoms with Crippen molar-refractivity contribution in [2.45, 2.75) is 6.54 Å². The number of hydrogen-bond donors (Lipinski definition) is 2. The van der Waals surface area contributed by atoms with Gasteiger partial charge in [-0.05, 0) is 29.8 Å². The molecule has 0 aliphatic rings. The van der Waals surface area contributed by atoms with Gasteiger partial charge in [-0.3, -0.25) is 0 Å². The first kappa shape index (κ1) is 20.8. The quantitative estimate of drug-likeness (QED) is 0.394. The number of benzene rings is 1. The van der Waals surface area contributed by atoms with Gasteiger partial charge < -0.3 is 25.4 Å². The van der Waals surface area contributed by atoms with Crippen LogP contribution in [0.5, 0.6) is 11.5 Å². The van der Waals surface area contributed by atoms with Crippen molar-refractivity contribution in [3.8, 4) is 11.5 Å². The fourth-order valence-corrected chi connectivity index (χ4v) is 2.08. The molecule has 0 saturated heterocycles. The van der Waals surface area contributed by atoms with E-state index in [0.717, 1.165) is 17.1 Å². The number of methoxy groups -OCH3 is 2. The molecule has 3 N–H and O–H groups in total. The summed E-state index contributed by atoms with van der Waals surface area (Å²) in [5.41, 5.74) is 7.76. The van der Waals surface area contributed by atoms with Crippen LogP contribution >= 0.6 is 24.0 Å². The lowest BCUT2D eigenvalue weighted by molar-refractivity contribution is 0.355. The van der Waals surface area contributed by atoms with E-state index in [4.69, 9.17) is 15.2 Å². The molecule has 0 bridgehead atoms. The summed E-state index contributed by atoms with van der Waals surface area (Å²) >= 11 is 0. The van der Waals surface area contributed by atoms with E-state index in [9.17, 15) is 0 Å². The highest BCUT2D eigenvalue weighted by Gasteiger charge is 2.05. The Bertz CT molecular complexity index is 722. The van der Waals surface area contributed by atoms with E-state index < -0.39 is 0 Å². The van der Waals surface area contributed by atoms with E-state index in [-0.39, 0.29) is 24.0 Å². The van der Waals surface area contributed by atoms with Crippen molar-refractivity contribution in [1.82, 2.24) is 4.98 Å².